The van der Waals surface area contributed by atoms with Gasteiger partial charge in [0.1, 0.15) is 6.54 Å². The lowest BCUT2D eigenvalue weighted by atomic mass is 10.1. The van der Waals surface area contributed by atoms with Crippen LogP contribution < -0.4 is 10.2 Å². The molecule has 0 aliphatic heterocycles. The first-order valence-electron chi connectivity index (χ1n) is 6.97. The van der Waals surface area contributed by atoms with Crippen molar-refractivity contribution in [3.63, 3.8) is 0 Å². The fraction of sp³-hybridized carbons (Fsp3) is 0.312. The van der Waals surface area contributed by atoms with Crippen molar-refractivity contribution in [2.24, 2.45) is 0 Å². The van der Waals surface area contributed by atoms with E-state index in [0.717, 1.165) is 23.6 Å². The Labute approximate surface area is 134 Å². The number of carbonyl (C=O) groups excluding carboxylic acids is 1. The summed E-state index contributed by atoms with van der Waals surface area (Å²) in [5.41, 5.74) is 2.42. The Hall–Kier alpha value is -1.36. The molecule has 1 heterocycles. The Morgan fingerprint density at radius 1 is 1.33 bits per heavy atom. The van der Waals surface area contributed by atoms with Gasteiger partial charge >= 0.3 is 0 Å². The van der Waals surface area contributed by atoms with Crippen molar-refractivity contribution in [3.8, 4) is 0 Å². The number of nitrogens with one attached hydrogen (secondary N) is 2. The van der Waals surface area contributed by atoms with Gasteiger partial charge in [-0.05, 0) is 40.9 Å². The summed E-state index contributed by atoms with van der Waals surface area (Å²) in [6.07, 6.45) is 0.801. The Morgan fingerprint density at radius 2 is 2.19 bits per heavy atom. The molecule has 0 saturated heterocycles. The fourth-order valence-corrected chi connectivity index (χ4v) is 3.06. The number of rotatable bonds is 7. The van der Waals surface area contributed by atoms with E-state index in [9.17, 15) is 4.79 Å². The summed E-state index contributed by atoms with van der Waals surface area (Å²) < 4.78 is 0. The van der Waals surface area contributed by atoms with Crippen molar-refractivity contribution in [2.75, 3.05) is 20.1 Å². The molecule has 1 unspecified atom stereocenters. The highest BCUT2D eigenvalue weighted by Crippen LogP contribution is 2.10. The Bertz CT molecular complexity index is 571. The number of halogens is 1. The predicted molar refractivity (Wildman–Crippen MR) is 87.9 cm³/mol. The molecule has 1 aromatic carbocycles. The summed E-state index contributed by atoms with van der Waals surface area (Å²) in [4.78, 5) is 13.1. The Balaban J connectivity index is 1.67. The van der Waals surface area contributed by atoms with Gasteiger partial charge in [-0.15, -0.1) is 0 Å². The molecule has 0 saturated carbocycles. The van der Waals surface area contributed by atoms with Gasteiger partial charge < -0.3 is 10.2 Å². The van der Waals surface area contributed by atoms with Crippen LogP contribution in [-0.2, 0) is 17.8 Å². The van der Waals surface area contributed by atoms with E-state index in [0.29, 0.717) is 13.1 Å². The zero-order valence-corrected chi connectivity index (χ0v) is 13.6. The minimum atomic E-state index is 0.0877. The second kappa shape index (κ2) is 8.17. The van der Waals surface area contributed by atoms with E-state index < -0.39 is 0 Å². The van der Waals surface area contributed by atoms with E-state index in [-0.39, 0.29) is 5.91 Å². The molecule has 1 aromatic heterocycles. The summed E-state index contributed by atoms with van der Waals surface area (Å²) >= 11 is 7.62. The highest BCUT2D eigenvalue weighted by molar-refractivity contribution is 7.07. The van der Waals surface area contributed by atoms with Crippen LogP contribution in [0, 0.1) is 0 Å². The highest BCUT2D eigenvalue weighted by Gasteiger charge is 2.10. The van der Waals surface area contributed by atoms with Crippen LogP contribution in [0.2, 0.25) is 5.02 Å². The average Bonchev–Trinajstić information content (AvgIpc) is 2.91. The lowest BCUT2D eigenvalue weighted by Gasteiger charge is -2.13. The van der Waals surface area contributed by atoms with Gasteiger partial charge in [-0.25, -0.2) is 0 Å². The minimum absolute atomic E-state index is 0.0877. The summed E-state index contributed by atoms with van der Waals surface area (Å²) in [6.45, 7) is 2.02. The van der Waals surface area contributed by atoms with E-state index in [1.165, 1.54) is 10.5 Å². The molecular weight excluding hydrogens is 304 g/mol. The molecule has 0 radical (unpaired) electrons. The maximum atomic E-state index is 11.9. The van der Waals surface area contributed by atoms with Gasteiger partial charge in [0.15, 0.2) is 6.54 Å². The largest absolute Gasteiger partial charge is 0.351 e. The topological polar surface area (TPSA) is 33.5 Å². The molecular formula is C16H20ClN2OS+. The molecule has 0 spiro atoms. The first-order chi connectivity index (χ1) is 10.1. The molecule has 0 aliphatic carbocycles. The van der Waals surface area contributed by atoms with Gasteiger partial charge in [0.25, 0.3) is 5.91 Å². The number of quaternary nitrogens is 1. The molecule has 2 aromatic rings. The zero-order chi connectivity index (χ0) is 15.1. The van der Waals surface area contributed by atoms with Crippen molar-refractivity contribution in [3.05, 3.63) is 57.2 Å². The Morgan fingerprint density at radius 3 is 2.90 bits per heavy atom. The van der Waals surface area contributed by atoms with Crippen LogP contribution in [0.5, 0.6) is 0 Å². The highest BCUT2D eigenvalue weighted by atomic mass is 35.5. The van der Waals surface area contributed by atoms with Crippen LogP contribution in [0.25, 0.3) is 0 Å². The summed E-state index contributed by atoms with van der Waals surface area (Å²) in [7, 11) is 2.04. The van der Waals surface area contributed by atoms with Crippen LogP contribution in [0.15, 0.2) is 41.1 Å². The Kier molecular flexibility index (Phi) is 6.23. The summed E-state index contributed by atoms with van der Waals surface area (Å²) in [5.74, 6) is 0.0877. The van der Waals surface area contributed by atoms with Crippen molar-refractivity contribution >= 4 is 28.8 Å². The van der Waals surface area contributed by atoms with Gasteiger partial charge in [-0.3, -0.25) is 4.79 Å². The van der Waals surface area contributed by atoms with Crippen molar-refractivity contribution in [1.29, 1.82) is 0 Å². The molecule has 0 aliphatic rings. The third-order valence-electron chi connectivity index (χ3n) is 3.17. The summed E-state index contributed by atoms with van der Waals surface area (Å²) in [6, 6.07) is 9.84. The first kappa shape index (κ1) is 16.0. The first-order valence-corrected chi connectivity index (χ1v) is 8.29. The van der Waals surface area contributed by atoms with Crippen LogP contribution in [0.4, 0.5) is 0 Å². The van der Waals surface area contributed by atoms with E-state index in [2.05, 4.69) is 22.1 Å². The monoisotopic (exact) mass is 323 g/mol. The van der Waals surface area contributed by atoms with E-state index in [1.807, 2.05) is 31.3 Å². The third-order valence-corrected chi connectivity index (χ3v) is 4.14. The standard InChI is InChI=1S/C16H19ClN2OS/c1-19(10-14-6-8-21-12-14)11-16(20)18-7-5-13-3-2-4-15(17)9-13/h2-4,6,8-9,12H,5,7,10-11H2,1H3,(H,18,20)/p+1. The van der Waals surface area contributed by atoms with Crippen molar-refractivity contribution in [2.45, 2.75) is 13.0 Å². The molecule has 5 heteroatoms. The maximum absolute atomic E-state index is 11.9. The smallest absolute Gasteiger partial charge is 0.275 e. The van der Waals surface area contributed by atoms with Crippen LogP contribution in [0.1, 0.15) is 11.1 Å². The fourth-order valence-electron chi connectivity index (χ4n) is 2.18. The van der Waals surface area contributed by atoms with Gasteiger partial charge in [0, 0.05) is 17.1 Å². The van der Waals surface area contributed by atoms with Crippen molar-refractivity contribution < 1.29 is 9.69 Å². The zero-order valence-electron chi connectivity index (χ0n) is 12.1. The second-order valence-electron chi connectivity index (χ2n) is 5.17. The number of carbonyl (C=O) groups is 1. The molecule has 1 amide bonds. The lowest BCUT2D eigenvalue weighted by molar-refractivity contribution is -0.885. The SMILES string of the molecule is C[NH+](CC(=O)NCCc1cccc(Cl)c1)Cc1ccsc1. The molecule has 0 fully saturated rings. The number of hydrogen-bond acceptors (Lipinski definition) is 2. The molecule has 2 rings (SSSR count). The number of thiophene rings is 1. The number of hydrogen-bond donors (Lipinski definition) is 2. The van der Waals surface area contributed by atoms with Crippen LogP contribution in [0.3, 0.4) is 0 Å². The van der Waals surface area contributed by atoms with E-state index in [1.54, 1.807) is 11.3 Å². The second-order valence-corrected chi connectivity index (χ2v) is 6.39. The molecule has 3 nitrogen and oxygen atoms in total. The van der Waals surface area contributed by atoms with Gasteiger partial charge in [-0.1, -0.05) is 23.7 Å². The molecule has 1 atom stereocenters. The quantitative estimate of drug-likeness (QED) is 0.800. The van der Waals surface area contributed by atoms with Crippen molar-refractivity contribution in [1.82, 2.24) is 5.32 Å². The van der Waals surface area contributed by atoms with Gasteiger partial charge in [-0.2, -0.15) is 11.3 Å². The summed E-state index contributed by atoms with van der Waals surface area (Å²) in [5, 5.41) is 7.88. The predicted octanol–water partition coefficient (Wildman–Crippen LogP) is 1.78. The van der Waals surface area contributed by atoms with E-state index >= 15 is 0 Å². The minimum Gasteiger partial charge on any atom is -0.351 e. The lowest BCUT2D eigenvalue weighted by Crippen LogP contribution is -3.08. The molecule has 21 heavy (non-hydrogen) atoms. The average molecular weight is 324 g/mol. The number of amides is 1. The normalized spacial score (nSPS) is 12.1. The molecule has 2 N–H and O–H groups in total. The maximum Gasteiger partial charge on any atom is 0.275 e. The number of benzene rings is 1. The van der Waals surface area contributed by atoms with Gasteiger partial charge in [0.05, 0.1) is 7.05 Å². The molecule has 0 bridgehead atoms. The third kappa shape index (κ3) is 5.87. The van der Waals surface area contributed by atoms with Crippen LogP contribution in [-0.4, -0.2) is 26.0 Å². The van der Waals surface area contributed by atoms with Gasteiger partial charge in [0.2, 0.25) is 0 Å². The molecule has 112 valence electrons. The van der Waals surface area contributed by atoms with Crippen LogP contribution >= 0.6 is 22.9 Å². The number of likely N-dealkylation sites (N-methyl/N-ethyl adjacent to an activating group) is 1. The van der Waals surface area contributed by atoms with E-state index in [4.69, 9.17) is 11.6 Å².